The number of benzene rings is 2. The number of aromatic amines is 1. The highest BCUT2D eigenvalue weighted by atomic mass is 32.2. The van der Waals surface area contributed by atoms with Gasteiger partial charge in [-0.1, -0.05) is 36.4 Å². The van der Waals surface area contributed by atoms with Crippen LogP contribution in [0.15, 0.2) is 63.9 Å². The third-order valence-electron chi connectivity index (χ3n) is 3.31. The van der Waals surface area contributed by atoms with Crippen LogP contribution in [0.3, 0.4) is 0 Å². The van der Waals surface area contributed by atoms with Gasteiger partial charge < -0.3 is 4.98 Å². The van der Waals surface area contributed by atoms with E-state index in [4.69, 9.17) is 0 Å². The van der Waals surface area contributed by atoms with E-state index < -0.39 is 10.0 Å². The largest absolute Gasteiger partial charge is 0.358 e. The molecule has 2 aromatic carbocycles. The molecule has 0 amide bonds. The minimum absolute atomic E-state index is 0.193. The SMILES string of the molecule is Cc1[nH]c2ccccc2c1/C=N\S(=O)(=O)c1ccccc1. The van der Waals surface area contributed by atoms with Crippen molar-refractivity contribution in [1.82, 2.24) is 4.98 Å². The van der Waals surface area contributed by atoms with Gasteiger partial charge in [-0.15, -0.1) is 0 Å². The first-order valence-corrected chi connectivity index (χ1v) is 7.95. The number of nitrogens with one attached hydrogen (secondary N) is 1. The molecular weight excluding hydrogens is 284 g/mol. The second-order valence-corrected chi connectivity index (χ2v) is 6.36. The highest BCUT2D eigenvalue weighted by molar-refractivity contribution is 7.90. The molecule has 1 heterocycles. The van der Waals surface area contributed by atoms with Crippen molar-refractivity contribution in [3.05, 3.63) is 65.9 Å². The second-order valence-electron chi connectivity index (χ2n) is 4.73. The molecule has 5 heteroatoms. The van der Waals surface area contributed by atoms with Gasteiger partial charge in [-0.25, -0.2) is 0 Å². The van der Waals surface area contributed by atoms with Gasteiger partial charge in [-0.3, -0.25) is 0 Å². The Morgan fingerprint density at radius 3 is 2.43 bits per heavy atom. The van der Waals surface area contributed by atoms with Gasteiger partial charge in [0.25, 0.3) is 10.0 Å². The summed E-state index contributed by atoms with van der Waals surface area (Å²) >= 11 is 0. The lowest BCUT2D eigenvalue weighted by Crippen LogP contribution is -1.97. The molecule has 0 aliphatic rings. The van der Waals surface area contributed by atoms with Crippen LogP contribution in [0.1, 0.15) is 11.3 Å². The molecule has 0 unspecified atom stereocenters. The molecule has 4 nitrogen and oxygen atoms in total. The normalized spacial score (nSPS) is 12.2. The Morgan fingerprint density at radius 1 is 1.00 bits per heavy atom. The number of rotatable bonds is 3. The average molecular weight is 298 g/mol. The van der Waals surface area contributed by atoms with Crippen molar-refractivity contribution in [3.8, 4) is 0 Å². The number of hydrogen-bond donors (Lipinski definition) is 1. The molecular formula is C16H14N2O2S. The number of para-hydroxylation sites is 1. The number of sulfonamides is 1. The minimum atomic E-state index is -3.67. The third kappa shape index (κ3) is 2.60. The fourth-order valence-electron chi connectivity index (χ4n) is 2.24. The first-order valence-electron chi connectivity index (χ1n) is 6.50. The van der Waals surface area contributed by atoms with Gasteiger partial charge in [0.05, 0.1) is 11.1 Å². The number of fused-ring (bicyclic) bond motifs is 1. The maximum atomic E-state index is 12.2. The van der Waals surface area contributed by atoms with Crippen molar-refractivity contribution in [2.75, 3.05) is 0 Å². The van der Waals surface area contributed by atoms with E-state index in [1.165, 1.54) is 18.3 Å². The van der Waals surface area contributed by atoms with Crippen molar-refractivity contribution in [2.24, 2.45) is 4.40 Å². The lowest BCUT2D eigenvalue weighted by molar-refractivity contribution is 0.598. The van der Waals surface area contributed by atoms with Crippen LogP contribution in [0.2, 0.25) is 0 Å². The van der Waals surface area contributed by atoms with Gasteiger partial charge in [0.2, 0.25) is 0 Å². The van der Waals surface area contributed by atoms with Crippen LogP contribution >= 0.6 is 0 Å². The van der Waals surface area contributed by atoms with E-state index in [1.54, 1.807) is 18.2 Å². The number of H-pyrrole nitrogens is 1. The Kier molecular flexibility index (Phi) is 3.35. The molecule has 0 radical (unpaired) electrons. The summed E-state index contributed by atoms with van der Waals surface area (Å²) in [5.74, 6) is 0. The average Bonchev–Trinajstić information content (AvgIpc) is 2.81. The van der Waals surface area contributed by atoms with Crippen LogP contribution in [0.25, 0.3) is 10.9 Å². The fraction of sp³-hybridized carbons (Fsp3) is 0.0625. The van der Waals surface area contributed by atoms with E-state index in [-0.39, 0.29) is 4.90 Å². The zero-order valence-electron chi connectivity index (χ0n) is 11.4. The van der Waals surface area contributed by atoms with Gasteiger partial charge in [-0.05, 0) is 25.1 Å². The van der Waals surface area contributed by atoms with E-state index in [0.717, 1.165) is 22.2 Å². The highest BCUT2D eigenvalue weighted by Crippen LogP contribution is 2.21. The quantitative estimate of drug-likeness (QED) is 0.754. The summed E-state index contributed by atoms with van der Waals surface area (Å²) in [5, 5.41) is 0.960. The number of nitrogens with zero attached hydrogens (tertiary/aromatic N) is 1. The summed E-state index contributed by atoms with van der Waals surface area (Å²) in [6, 6.07) is 15.9. The predicted molar refractivity (Wildman–Crippen MR) is 84.3 cm³/mol. The van der Waals surface area contributed by atoms with Gasteiger partial charge in [-0.2, -0.15) is 12.8 Å². The van der Waals surface area contributed by atoms with Crippen LogP contribution in [0.4, 0.5) is 0 Å². The molecule has 0 spiro atoms. The monoisotopic (exact) mass is 298 g/mol. The third-order valence-corrected chi connectivity index (χ3v) is 4.56. The summed E-state index contributed by atoms with van der Waals surface area (Å²) < 4.78 is 28.1. The van der Waals surface area contributed by atoms with E-state index in [1.807, 2.05) is 31.2 Å². The summed E-state index contributed by atoms with van der Waals surface area (Å²) in [4.78, 5) is 3.41. The van der Waals surface area contributed by atoms with Crippen LogP contribution in [-0.2, 0) is 10.0 Å². The van der Waals surface area contributed by atoms with Crippen LogP contribution in [0, 0.1) is 6.92 Å². The van der Waals surface area contributed by atoms with Gasteiger partial charge in [0.15, 0.2) is 0 Å². The Bertz CT molecular complexity index is 910. The zero-order chi connectivity index (χ0) is 14.9. The van der Waals surface area contributed by atoms with E-state index in [9.17, 15) is 8.42 Å². The predicted octanol–water partition coefficient (Wildman–Crippen LogP) is 3.28. The Morgan fingerprint density at radius 2 is 1.67 bits per heavy atom. The number of aromatic nitrogens is 1. The zero-order valence-corrected chi connectivity index (χ0v) is 12.3. The highest BCUT2D eigenvalue weighted by Gasteiger charge is 2.12. The summed E-state index contributed by atoms with van der Waals surface area (Å²) in [6.45, 7) is 1.90. The maximum absolute atomic E-state index is 12.2. The standard InChI is InChI=1S/C16H14N2O2S/c1-12-15(14-9-5-6-10-16(14)18-12)11-17-21(19,20)13-7-3-2-4-8-13/h2-11,18H,1H3/b17-11-. The Balaban J connectivity index is 2.04. The molecule has 0 aliphatic carbocycles. The fourth-order valence-corrected chi connectivity index (χ4v) is 3.11. The van der Waals surface area contributed by atoms with E-state index >= 15 is 0 Å². The van der Waals surface area contributed by atoms with E-state index in [2.05, 4.69) is 9.38 Å². The van der Waals surface area contributed by atoms with Crippen LogP contribution in [0.5, 0.6) is 0 Å². The molecule has 0 saturated carbocycles. The van der Waals surface area contributed by atoms with Crippen molar-refractivity contribution < 1.29 is 8.42 Å². The molecule has 3 rings (SSSR count). The molecule has 0 atom stereocenters. The topological polar surface area (TPSA) is 62.3 Å². The lowest BCUT2D eigenvalue weighted by atomic mass is 10.1. The molecule has 0 saturated heterocycles. The van der Waals surface area contributed by atoms with Crippen LogP contribution < -0.4 is 0 Å². The van der Waals surface area contributed by atoms with Crippen molar-refractivity contribution in [2.45, 2.75) is 11.8 Å². The first-order chi connectivity index (χ1) is 10.1. The summed E-state index contributed by atoms with van der Waals surface area (Å²) in [7, 11) is -3.67. The molecule has 3 aromatic rings. The van der Waals surface area contributed by atoms with Crippen LogP contribution in [-0.4, -0.2) is 19.6 Å². The lowest BCUT2D eigenvalue weighted by Gasteiger charge is -1.98. The molecule has 0 fully saturated rings. The van der Waals surface area contributed by atoms with Gasteiger partial charge >= 0.3 is 0 Å². The van der Waals surface area contributed by atoms with Crippen molar-refractivity contribution in [1.29, 1.82) is 0 Å². The molecule has 0 aliphatic heterocycles. The molecule has 1 N–H and O–H groups in total. The van der Waals surface area contributed by atoms with Crippen molar-refractivity contribution >= 4 is 27.1 Å². The van der Waals surface area contributed by atoms with E-state index in [0.29, 0.717) is 0 Å². The smallest absolute Gasteiger partial charge is 0.282 e. The van der Waals surface area contributed by atoms with Crippen molar-refractivity contribution in [3.63, 3.8) is 0 Å². The Labute approximate surface area is 123 Å². The molecule has 106 valence electrons. The number of hydrogen-bond acceptors (Lipinski definition) is 2. The number of aryl methyl sites for hydroxylation is 1. The minimum Gasteiger partial charge on any atom is -0.358 e. The first kappa shape index (κ1) is 13.6. The summed E-state index contributed by atoms with van der Waals surface area (Å²) in [6.07, 6.45) is 1.41. The Hall–Kier alpha value is -2.40. The molecule has 21 heavy (non-hydrogen) atoms. The maximum Gasteiger partial charge on any atom is 0.282 e. The second kappa shape index (κ2) is 5.18. The summed E-state index contributed by atoms with van der Waals surface area (Å²) in [5.41, 5.74) is 2.65. The molecule has 1 aromatic heterocycles. The molecule has 0 bridgehead atoms. The van der Waals surface area contributed by atoms with Gasteiger partial charge in [0.1, 0.15) is 0 Å². The van der Waals surface area contributed by atoms with Gasteiger partial charge in [0, 0.05) is 22.2 Å².